The van der Waals surface area contributed by atoms with Crippen LogP contribution in [0.25, 0.3) is 5.78 Å². The molecule has 1 atom stereocenters. The van der Waals surface area contributed by atoms with Gasteiger partial charge in [-0.3, -0.25) is 9.83 Å². The molecule has 0 saturated heterocycles. The Labute approximate surface area is 136 Å². The molecule has 3 heterocycles. The Balaban J connectivity index is 1.37. The van der Waals surface area contributed by atoms with Gasteiger partial charge in [0.2, 0.25) is 5.16 Å². The number of hydroxylamine groups is 1. The number of fused-ring (bicyclic) bond motifs is 1. The van der Waals surface area contributed by atoms with Gasteiger partial charge in [0.25, 0.3) is 5.78 Å². The van der Waals surface area contributed by atoms with Crippen LogP contribution in [0.1, 0.15) is 5.56 Å². The van der Waals surface area contributed by atoms with E-state index >= 15 is 0 Å². The standard InChI is InChI=1S/C15H14N6OS/c1-2-5-11(6-3-1)13-17-9-12(22-20-13)10-23-15-18-14-16-7-4-8-21(14)19-15/h1-8,12H,9-10H2,(H,17,20). The zero-order chi connectivity index (χ0) is 15.5. The summed E-state index contributed by atoms with van der Waals surface area (Å²) in [4.78, 5) is 18.7. The van der Waals surface area contributed by atoms with Gasteiger partial charge in [0.15, 0.2) is 5.84 Å². The third-order valence-corrected chi connectivity index (χ3v) is 4.29. The van der Waals surface area contributed by atoms with Crippen LogP contribution in [0.3, 0.4) is 0 Å². The van der Waals surface area contributed by atoms with Crippen LogP contribution in [-0.2, 0) is 4.84 Å². The van der Waals surface area contributed by atoms with Crippen molar-refractivity contribution in [2.75, 3.05) is 12.3 Å². The zero-order valence-corrected chi connectivity index (χ0v) is 13.0. The summed E-state index contributed by atoms with van der Waals surface area (Å²) in [5, 5.41) is 5.04. The predicted octanol–water partition coefficient (Wildman–Crippen LogP) is 1.57. The number of aromatic nitrogens is 4. The van der Waals surface area contributed by atoms with Crippen molar-refractivity contribution in [1.29, 1.82) is 0 Å². The van der Waals surface area contributed by atoms with Crippen LogP contribution >= 0.6 is 11.8 Å². The smallest absolute Gasteiger partial charge is 0.253 e. The molecule has 2 aromatic heterocycles. The molecule has 8 heteroatoms. The number of hydrogen-bond acceptors (Lipinski definition) is 7. The first-order valence-electron chi connectivity index (χ1n) is 7.20. The number of nitrogens with one attached hydrogen (secondary N) is 1. The second-order valence-corrected chi connectivity index (χ2v) is 5.95. The molecule has 1 aliphatic rings. The van der Waals surface area contributed by atoms with E-state index < -0.39 is 0 Å². The summed E-state index contributed by atoms with van der Waals surface area (Å²) >= 11 is 1.53. The number of aliphatic imine (C=N–C) groups is 1. The van der Waals surface area contributed by atoms with Crippen LogP contribution < -0.4 is 5.48 Å². The summed E-state index contributed by atoms with van der Waals surface area (Å²) in [5.41, 5.74) is 3.95. The van der Waals surface area contributed by atoms with Gasteiger partial charge in [-0.25, -0.2) is 15.0 Å². The molecular weight excluding hydrogens is 312 g/mol. The Morgan fingerprint density at radius 1 is 1.26 bits per heavy atom. The van der Waals surface area contributed by atoms with Crippen molar-refractivity contribution in [3.63, 3.8) is 0 Å². The molecule has 0 saturated carbocycles. The Bertz CT molecular complexity index is 801. The van der Waals surface area contributed by atoms with Crippen LogP contribution in [0.2, 0.25) is 0 Å². The molecular formula is C15H14N6OS. The highest BCUT2D eigenvalue weighted by Crippen LogP contribution is 2.17. The van der Waals surface area contributed by atoms with E-state index in [1.165, 1.54) is 11.8 Å². The average molecular weight is 326 g/mol. The lowest BCUT2D eigenvalue weighted by atomic mass is 10.2. The molecule has 0 aliphatic carbocycles. The lowest BCUT2D eigenvalue weighted by Gasteiger charge is -2.22. The van der Waals surface area contributed by atoms with Crippen molar-refractivity contribution >= 4 is 23.4 Å². The molecule has 1 aromatic carbocycles. The monoisotopic (exact) mass is 326 g/mol. The second-order valence-electron chi connectivity index (χ2n) is 4.97. The fourth-order valence-electron chi connectivity index (χ4n) is 2.18. The maximum atomic E-state index is 5.66. The van der Waals surface area contributed by atoms with Crippen LogP contribution in [0.4, 0.5) is 0 Å². The summed E-state index contributed by atoms with van der Waals surface area (Å²) in [6.07, 6.45) is 3.51. The second kappa shape index (κ2) is 6.35. The molecule has 1 unspecified atom stereocenters. The highest BCUT2D eigenvalue weighted by atomic mass is 32.2. The zero-order valence-electron chi connectivity index (χ0n) is 12.2. The lowest BCUT2D eigenvalue weighted by molar-refractivity contribution is 0.0212. The third-order valence-electron chi connectivity index (χ3n) is 3.32. The largest absolute Gasteiger partial charge is 0.269 e. The summed E-state index contributed by atoms with van der Waals surface area (Å²) in [7, 11) is 0. The maximum Gasteiger partial charge on any atom is 0.253 e. The van der Waals surface area contributed by atoms with Gasteiger partial charge >= 0.3 is 0 Å². The van der Waals surface area contributed by atoms with E-state index in [-0.39, 0.29) is 6.10 Å². The number of thioether (sulfide) groups is 1. The first-order valence-corrected chi connectivity index (χ1v) is 8.19. The van der Waals surface area contributed by atoms with Crippen molar-refractivity contribution in [3.8, 4) is 0 Å². The number of rotatable bonds is 4. The SMILES string of the molecule is c1ccc(C2=NCC(CSc3nc4ncccn4n3)ON2)cc1. The van der Waals surface area contributed by atoms with Gasteiger partial charge < -0.3 is 0 Å². The Morgan fingerprint density at radius 3 is 2.96 bits per heavy atom. The molecule has 0 fully saturated rings. The van der Waals surface area contributed by atoms with Crippen LogP contribution in [0.5, 0.6) is 0 Å². The van der Waals surface area contributed by atoms with Gasteiger partial charge in [0.05, 0.1) is 6.54 Å². The summed E-state index contributed by atoms with van der Waals surface area (Å²) in [6.45, 7) is 0.607. The van der Waals surface area contributed by atoms with E-state index in [1.54, 1.807) is 10.7 Å². The highest BCUT2D eigenvalue weighted by molar-refractivity contribution is 7.99. The Morgan fingerprint density at radius 2 is 2.17 bits per heavy atom. The van der Waals surface area contributed by atoms with Crippen LogP contribution in [0, 0.1) is 0 Å². The van der Waals surface area contributed by atoms with Gasteiger partial charge in [0, 0.05) is 23.7 Å². The van der Waals surface area contributed by atoms with E-state index in [2.05, 4.69) is 25.5 Å². The molecule has 23 heavy (non-hydrogen) atoms. The Kier molecular flexibility index (Phi) is 3.91. The minimum atomic E-state index is -0.0213. The maximum absolute atomic E-state index is 5.66. The lowest BCUT2D eigenvalue weighted by Crippen LogP contribution is -2.38. The third kappa shape index (κ3) is 3.17. The van der Waals surface area contributed by atoms with Crippen molar-refractivity contribution in [3.05, 3.63) is 54.4 Å². The van der Waals surface area contributed by atoms with E-state index in [0.29, 0.717) is 17.5 Å². The summed E-state index contributed by atoms with van der Waals surface area (Å²) in [5.74, 6) is 2.08. The van der Waals surface area contributed by atoms with Crippen molar-refractivity contribution in [2.45, 2.75) is 11.3 Å². The fraction of sp³-hybridized carbons (Fsp3) is 0.200. The molecule has 0 spiro atoms. The fourth-order valence-corrected chi connectivity index (χ4v) is 2.98. The Hall–Kier alpha value is -2.45. The molecule has 7 nitrogen and oxygen atoms in total. The van der Waals surface area contributed by atoms with E-state index in [1.807, 2.05) is 42.6 Å². The van der Waals surface area contributed by atoms with Gasteiger partial charge in [-0.1, -0.05) is 42.1 Å². The van der Waals surface area contributed by atoms with Gasteiger partial charge in [-0.2, -0.15) is 4.98 Å². The normalized spacial score (nSPS) is 17.7. The minimum absolute atomic E-state index is 0.0213. The first kappa shape index (κ1) is 14.2. The average Bonchev–Trinajstić information content (AvgIpc) is 3.04. The first-order chi connectivity index (χ1) is 11.4. The molecule has 4 rings (SSSR count). The molecule has 3 aromatic rings. The van der Waals surface area contributed by atoms with Gasteiger partial charge in [0.1, 0.15) is 6.10 Å². The van der Waals surface area contributed by atoms with Crippen molar-refractivity contribution < 1.29 is 4.84 Å². The number of benzene rings is 1. The molecule has 1 N–H and O–H groups in total. The number of amidine groups is 1. The highest BCUT2D eigenvalue weighted by Gasteiger charge is 2.18. The van der Waals surface area contributed by atoms with Gasteiger partial charge in [-0.15, -0.1) is 5.10 Å². The minimum Gasteiger partial charge on any atom is -0.269 e. The molecule has 0 bridgehead atoms. The van der Waals surface area contributed by atoms with Crippen LogP contribution in [0.15, 0.2) is 58.9 Å². The topological polar surface area (TPSA) is 76.7 Å². The summed E-state index contributed by atoms with van der Waals surface area (Å²) in [6, 6.07) is 11.7. The van der Waals surface area contributed by atoms with Crippen LogP contribution in [-0.4, -0.2) is 43.8 Å². The number of hydrogen-bond donors (Lipinski definition) is 1. The van der Waals surface area contributed by atoms with Crippen molar-refractivity contribution in [1.82, 2.24) is 25.1 Å². The quantitative estimate of drug-likeness (QED) is 0.733. The predicted molar refractivity (Wildman–Crippen MR) is 87.4 cm³/mol. The van der Waals surface area contributed by atoms with E-state index in [4.69, 9.17) is 4.84 Å². The van der Waals surface area contributed by atoms with E-state index in [0.717, 1.165) is 17.2 Å². The molecule has 0 amide bonds. The molecule has 1 aliphatic heterocycles. The van der Waals surface area contributed by atoms with E-state index in [9.17, 15) is 0 Å². The van der Waals surface area contributed by atoms with Crippen molar-refractivity contribution in [2.24, 2.45) is 4.99 Å². The number of nitrogens with zero attached hydrogens (tertiary/aromatic N) is 5. The van der Waals surface area contributed by atoms with Gasteiger partial charge in [-0.05, 0) is 6.07 Å². The molecule has 116 valence electrons. The summed E-state index contributed by atoms with van der Waals surface area (Å²) < 4.78 is 1.66. The molecule has 0 radical (unpaired) electrons.